The summed E-state index contributed by atoms with van der Waals surface area (Å²) in [6.07, 6.45) is 1.39. The van der Waals surface area contributed by atoms with Gasteiger partial charge in [-0.1, -0.05) is 17.7 Å². The summed E-state index contributed by atoms with van der Waals surface area (Å²) >= 11 is 1.17. The predicted molar refractivity (Wildman–Crippen MR) is 106 cm³/mol. The Morgan fingerprint density at radius 2 is 1.70 bits per heavy atom. The third-order valence-corrected chi connectivity index (χ3v) is 4.24. The molecule has 9 heteroatoms. The fourth-order valence-electron chi connectivity index (χ4n) is 1.96. The number of nitrogens with zero attached hydrogens (tertiary/aromatic N) is 2. The molecule has 0 aliphatic rings. The first-order chi connectivity index (χ1) is 12.9. The van der Waals surface area contributed by atoms with Gasteiger partial charge in [-0.15, -0.1) is 11.8 Å². The Morgan fingerprint density at radius 3 is 2.33 bits per heavy atom. The molecule has 0 saturated carbocycles. The van der Waals surface area contributed by atoms with E-state index < -0.39 is 4.92 Å². The fourth-order valence-corrected chi connectivity index (χ4v) is 2.57. The number of carbonyl (C=O) groups excluding carboxylic acids is 2. The van der Waals surface area contributed by atoms with E-state index in [0.29, 0.717) is 11.3 Å². The van der Waals surface area contributed by atoms with E-state index in [9.17, 15) is 19.7 Å². The van der Waals surface area contributed by atoms with Gasteiger partial charge >= 0.3 is 0 Å². The second kappa shape index (κ2) is 10.1. The normalized spacial score (nSPS) is 10.6. The summed E-state index contributed by atoms with van der Waals surface area (Å²) < 4.78 is 0. The van der Waals surface area contributed by atoms with Crippen molar-refractivity contribution in [2.45, 2.75) is 6.92 Å². The number of anilines is 1. The van der Waals surface area contributed by atoms with Crippen LogP contribution in [0.2, 0.25) is 0 Å². The number of nitro benzene ring substituents is 1. The van der Waals surface area contributed by atoms with Crippen molar-refractivity contribution in [2.75, 3.05) is 16.8 Å². The van der Waals surface area contributed by atoms with E-state index in [1.54, 1.807) is 0 Å². The Balaban J connectivity index is 1.67. The van der Waals surface area contributed by atoms with Gasteiger partial charge in [0.25, 0.3) is 5.69 Å². The van der Waals surface area contributed by atoms with E-state index in [-0.39, 0.29) is 29.0 Å². The topological polar surface area (TPSA) is 114 Å². The van der Waals surface area contributed by atoms with Crippen LogP contribution in [0.15, 0.2) is 53.6 Å². The number of carbonyl (C=O) groups is 2. The highest BCUT2D eigenvalue weighted by atomic mass is 32.2. The van der Waals surface area contributed by atoms with Crippen molar-refractivity contribution in [3.8, 4) is 0 Å². The lowest BCUT2D eigenvalue weighted by Crippen LogP contribution is -2.21. The highest BCUT2D eigenvalue weighted by Crippen LogP contribution is 2.11. The lowest BCUT2D eigenvalue weighted by Gasteiger charge is -2.05. The number of benzene rings is 2. The minimum absolute atomic E-state index is 0.0171. The summed E-state index contributed by atoms with van der Waals surface area (Å²) in [5.74, 6) is -0.306. The molecule has 2 amide bonds. The third-order valence-electron chi connectivity index (χ3n) is 3.31. The average molecular weight is 386 g/mol. The van der Waals surface area contributed by atoms with Crippen LogP contribution >= 0.6 is 11.8 Å². The Bertz CT molecular complexity index is 835. The number of hydrogen-bond donors (Lipinski definition) is 2. The first kappa shape index (κ1) is 20.1. The molecular weight excluding hydrogens is 368 g/mol. The van der Waals surface area contributed by atoms with Crippen LogP contribution in [0, 0.1) is 17.0 Å². The van der Waals surface area contributed by atoms with Crippen molar-refractivity contribution in [1.82, 2.24) is 5.43 Å². The summed E-state index contributed by atoms with van der Waals surface area (Å²) in [5, 5.41) is 17.1. The monoisotopic (exact) mass is 386 g/mol. The maximum absolute atomic E-state index is 11.8. The molecule has 0 unspecified atom stereocenters. The van der Waals surface area contributed by atoms with Crippen molar-refractivity contribution in [2.24, 2.45) is 5.10 Å². The standard InChI is InChI=1S/C18H18N4O4S/c1-13-2-6-15(7-3-13)20-17(23)11-27-12-18(24)21-19-10-14-4-8-16(9-5-14)22(25)26/h2-10H,11-12H2,1H3,(H,20,23)(H,21,24). The van der Waals surface area contributed by atoms with Crippen LogP contribution in [0.5, 0.6) is 0 Å². The molecule has 0 spiro atoms. The number of non-ortho nitro benzene ring substituents is 1. The maximum atomic E-state index is 11.8. The zero-order valence-electron chi connectivity index (χ0n) is 14.5. The van der Waals surface area contributed by atoms with Gasteiger partial charge in [-0.25, -0.2) is 5.43 Å². The van der Waals surface area contributed by atoms with Gasteiger partial charge in [0.05, 0.1) is 22.6 Å². The molecule has 2 N–H and O–H groups in total. The molecule has 0 aromatic heterocycles. The molecule has 0 aliphatic carbocycles. The second-order valence-corrected chi connectivity index (χ2v) is 6.53. The number of thioether (sulfide) groups is 1. The molecule has 0 bridgehead atoms. The molecule has 2 aromatic rings. The maximum Gasteiger partial charge on any atom is 0.269 e. The molecule has 0 saturated heterocycles. The molecular formula is C18H18N4O4S. The number of nitrogens with one attached hydrogen (secondary N) is 2. The highest BCUT2D eigenvalue weighted by Gasteiger charge is 2.06. The van der Waals surface area contributed by atoms with Crippen molar-refractivity contribution in [3.63, 3.8) is 0 Å². The van der Waals surface area contributed by atoms with Gasteiger partial charge in [0.1, 0.15) is 0 Å². The number of hydrogen-bond acceptors (Lipinski definition) is 6. The lowest BCUT2D eigenvalue weighted by atomic mass is 10.2. The molecule has 2 rings (SSSR count). The molecule has 8 nitrogen and oxygen atoms in total. The number of aryl methyl sites for hydroxylation is 1. The average Bonchev–Trinajstić information content (AvgIpc) is 2.64. The van der Waals surface area contributed by atoms with Crippen molar-refractivity contribution >= 4 is 41.2 Å². The quantitative estimate of drug-likeness (QED) is 0.411. The van der Waals surface area contributed by atoms with Crippen LogP contribution in [-0.4, -0.2) is 34.5 Å². The lowest BCUT2D eigenvalue weighted by molar-refractivity contribution is -0.384. The number of rotatable bonds is 8. The molecule has 140 valence electrons. The molecule has 27 heavy (non-hydrogen) atoms. The third kappa shape index (κ3) is 7.28. The van der Waals surface area contributed by atoms with E-state index in [1.165, 1.54) is 42.2 Å². The molecule has 0 heterocycles. The van der Waals surface area contributed by atoms with E-state index in [4.69, 9.17) is 0 Å². The zero-order valence-corrected chi connectivity index (χ0v) is 15.4. The summed E-state index contributed by atoms with van der Waals surface area (Å²) in [6, 6.07) is 13.2. The SMILES string of the molecule is Cc1ccc(NC(=O)CSCC(=O)NN=Cc2ccc([N+](=O)[O-])cc2)cc1. The first-order valence-electron chi connectivity index (χ1n) is 7.94. The number of hydrazone groups is 1. The van der Waals surface area contributed by atoms with Gasteiger partial charge in [-0.05, 0) is 36.8 Å². The summed E-state index contributed by atoms with van der Waals surface area (Å²) in [4.78, 5) is 33.6. The Labute approximate surface area is 160 Å². The van der Waals surface area contributed by atoms with E-state index >= 15 is 0 Å². The predicted octanol–water partition coefficient (Wildman–Crippen LogP) is 2.73. The first-order valence-corrected chi connectivity index (χ1v) is 9.10. The van der Waals surface area contributed by atoms with Gasteiger partial charge in [0.2, 0.25) is 11.8 Å². The Kier molecular flexibility index (Phi) is 7.50. The molecule has 0 aliphatic heterocycles. The van der Waals surface area contributed by atoms with Crippen LogP contribution in [0.3, 0.4) is 0 Å². The van der Waals surface area contributed by atoms with Crippen molar-refractivity contribution in [3.05, 3.63) is 69.8 Å². The minimum Gasteiger partial charge on any atom is -0.325 e. The summed E-state index contributed by atoms with van der Waals surface area (Å²) in [5.41, 5.74) is 4.76. The molecule has 0 fully saturated rings. The zero-order chi connectivity index (χ0) is 19.6. The van der Waals surface area contributed by atoms with Crippen LogP contribution < -0.4 is 10.7 Å². The second-order valence-electron chi connectivity index (χ2n) is 5.55. The van der Waals surface area contributed by atoms with Gasteiger partial charge in [-0.3, -0.25) is 19.7 Å². The Morgan fingerprint density at radius 1 is 1.07 bits per heavy atom. The van der Waals surface area contributed by atoms with Gasteiger partial charge in [-0.2, -0.15) is 5.10 Å². The van der Waals surface area contributed by atoms with Gasteiger partial charge in [0.15, 0.2) is 0 Å². The van der Waals surface area contributed by atoms with E-state index in [0.717, 1.165) is 5.56 Å². The fraction of sp³-hybridized carbons (Fsp3) is 0.167. The summed E-state index contributed by atoms with van der Waals surface area (Å²) in [6.45, 7) is 1.96. The minimum atomic E-state index is -0.491. The van der Waals surface area contributed by atoms with Crippen LogP contribution in [-0.2, 0) is 9.59 Å². The van der Waals surface area contributed by atoms with Gasteiger partial charge in [0, 0.05) is 17.8 Å². The van der Waals surface area contributed by atoms with Crippen LogP contribution in [0.25, 0.3) is 0 Å². The van der Waals surface area contributed by atoms with E-state index in [1.807, 2.05) is 31.2 Å². The van der Waals surface area contributed by atoms with Crippen molar-refractivity contribution < 1.29 is 14.5 Å². The summed E-state index contributed by atoms with van der Waals surface area (Å²) in [7, 11) is 0. The molecule has 0 radical (unpaired) electrons. The number of amides is 2. The van der Waals surface area contributed by atoms with Crippen LogP contribution in [0.4, 0.5) is 11.4 Å². The molecule has 0 atom stereocenters. The largest absolute Gasteiger partial charge is 0.325 e. The molecule has 2 aromatic carbocycles. The van der Waals surface area contributed by atoms with Crippen LogP contribution in [0.1, 0.15) is 11.1 Å². The van der Waals surface area contributed by atoms with Gasteiger partial charge < -0.3 is 5.32 Å². The number of nitro groups is 1. The van der Waals surface area contributed by atoms with Crippen molar-refractivity contribution in [1.29, 1.82) is 0 Å². The Hall–Kier alpha value is -3.20. The highest BCUT2D eigenvalue weighted by molar-refractivity contribution is 8.00. The smallest absolute Gasteiger partial charge is 0.269 e. The van der Waals surface area contributed by atoms with E-state index in [2.05, 4.69) is 15.8 Å².